The van der Waals surface area contributed by atoms with Gasteiger partial charge in [0.2, 0.25) is 0 Å². The number of carbonyl (C=O) groups is 2. The third-order valence-corrected chi connectivity index (χ3v) is 5.95. The Balaban J connectivity index is 1.51. The Bertz CT molecular complexity index is 1030. The second-order valence-electron chi connectivity index (χ2n) is 7.93. The van der Waals surface area contributed by atoms with E-state index in [0.29, 0.717) is 23.4 Å². The van der Waals surface area contributed by atoms with Crippen molar-refractivity contribution in [1.29, 1.82) is 0 Å². The number of nitrogens with one attached hydrogen (secondary N) is 2. The minimum Gasteiger partial charge on any atom is -0.497 e. The van der Waals surface area contributed by atoms with E-state index in [1.807, 2.05) is 24.3 Å². The fraction of sp³-hybridized carbons (Fsp3) is 0.333. The molecule has 0 saturated carbocycles. The van der Waals surface area contributed by atoms with Gasteiger partial charge in [0.25, 0.3) is 0 Å². The van der Waals surface area contributed by atoms with Crippen LogP contribution in [0.5, 0.6) is 5.75 Å². The molecule has 2 N–H and O–H groups in total. The van der Waals surface area contributed by atoms with Gasteiger partial charge < -0.3 is 25.0 Å². The van der Waals surface area contributed by atoms with Crippen molar-refractivity contribution in [2.45, 2.75) is 6.04 Å². The lowest BCUT2D eigenvalue weighted by Crippen LogP contribution is -2.51. The van der Waals surface area contributed by atoms with Gasteiger partial charge in [0.05, 0.1) is 25.8 Å². The number of hydrogen-bond acceptors (Lipinski definition) is 6. The van der Waals surface area contributed by atoms with Crippen LogP contribution in [-0.2, 0) is 9.53 Å². The third-order valence-electron chi connectivity index (χ3n) is 5.95. The summed E-state index contributed by atoms with van der Waals surface area (Å²) in [6.07, 6.45) is 0. The molecule has 2 aliphatic heterocycles. The second kappa shape index (κ2) is 9.91. The van der Waals surface area contributed by atoms with Gasteiger partial charge in [-0.15, -0.1) is 0 Å². The number of anilines is 1. The van der Waals surface area contributed by atoms with E-state index in [1.165, 1.54) is 19.2 Å². The lowest BCUT2D eigenvalue weighted by Gasteiger charge is -2.38. The van der Waals surface area contributed by atoms with Crippen LogP contribution < -0.4 is 20.3 Å². The molecule has 2 aromatic carbocycles. The normalized spacial score (nSPS) is 19.1. The van der Waals surface area contributed by atoms with Gasteiger partial charge in [0, 0.05) is 44.1 Å². The molecule has 1 saturated heterocycles. The van der Waals surface area contributed by atoms with Crippen molar-refractivity contribution in [3.05, 3.63) is 71.2 Å². The predicted octanol–water partition coefficient (Wildman–Crippen LogP) is 2.44. The monoisotopic (exact) mass is 454 g/mol. The Hall–Kier alpha value is -3.59. The number of urea groups is 1. The highest BCUT2D eigenvalue weighted by molar-refractivity contribution is 5.95. The minimum atomic E-state index is -0.720. The molecule has 0 radical (unpaired) electrons. The van der Waals surface area contributed by atoms with Gasteiger partial charge in [-0.25, -0.2) is 14.0 Å². The number of methoxy groups -OCH3 is 2. The molecule has 9 heteroatoms. The molecular weight excluding hydrogens is 427 g/mol. The molecule has 33 heavy (non-hydrogen) atoms. The number of hydrogen-bond donors (Lipinski definition) is 2. The summed E-state index contributed by atoms with van der Waals surface area (Å²) >= 11 is 0. The minimum absolute atomic E-state index is 0.321. The third kappa shape index (κ3) is 5.09. The Morgan fingerprint density at radius 3 is 2.30 bits per heavy atom. The Labute approximate surface area is 192 Å². The standard InChI is InChI=1S/C24H27FN4O4/c1-32-19-9-7-18(8-10-19)29-13-11-28(12-14-29)15-20-21(23(30)33-2)22(27-24(31)26-20)16-3-5-17(25)6-4-16/h3-10,22H,11-15H2,1-2H3,(H2,26,27,31)/t22-/m0/s1. The molecule has 2 heterocycles. The van der Waals surface area contributed by atoms with Crippen molar-refractivity contribution < 1.29 is 23.5 Å². The number of amides is 2. The van der Waals surface area contributed by atoms with Gasteiger partial charge in [-0.1, -0.05) is 12.1 Å². The van der Waals surface area contributed by atoms with Crippen molar-refractivity contribution >= 4 is 17.7 Å². The van der Waals surface area contributed by atoms with Gasteiger partial charge in [0.15, 0.2) is 0 Å². The molecule has 0 aromatic heterocycles. The summed E-state index contributed by atoms with van der Waals surface area (Å²) in [7, 11) is 2.95. The molecule has 2 aliphatic rings. The summed E-state index contributed by atoms with van der Waals surface area (Å²) in [6, 6.07) is 12.5. The average molecular weight is 455 g/mol. The second-order valence-corrected chi connectivity index (χ2v) is 7.93. The summed E-state index contributed by atoms with van der Waals surface area (Å²) in [5, 5.41) is 5.54. The van der Waals surface area contributed by atoms with Crippen LogP contribution in [0.25, 0.3) is 0 Å². The maximum absolute atomic E-state index is 13.4. The van der Waals surface area contributed by atoms with Crippen molar-refractivity contribution in [3.8, 4) is 5.75 Å². The van der Waals surface area contributed by atoms with E-state index < -0.39 is 23.9 Å². The maximum atomic E-state index is 13.4. The highest BCUT2D eigenvalue weighted by atomic mass is 19.1. The van der Waals surface area contributed by atoms with E-state index in [1.54, 1.807) is 19.2 Å². The van der Waals surface area contributed by atoms with Crippen LogP contribution in [0.15, 0.2) is 59.8 Å². The molecule has 4 rings (SSSR count). The summed E-state index contributed by atoms with van der Waals surface area (Å²) in [5.41, 5.74) is 2.55. The van der Waals surface area contributed by atoms with Crippen LogP contribution in [0.3, 0.4) is 0 Å². The molecular formula is C24H27FN4O4. The van der Waals surface area contributed by atoms with E-state index in [0.717, 1.165) is 37.6 Å². The molecule has 0 aliphatic carbocycles. The molecule has 2 amide bonds. The van der Waals surface area contributed by atoms with Gasteiger partial charge in [-0.05, 0) is 42.0 Å². The fourth-order valence-corrected chi connectivity index (χ4v) is 4.18. The van der Waals surface area contributed by atoms with E-state index in [9.17, 15) is 14.0 Å². The maximum Gasteiger partial charge on any atom is 0.338 e. The van der Waals surface area contributed by atoms with E-state index >= 15 is 0 Å². The van der Waals surface area contributed by atoms with Crippen LogP contribution in [0, 0.1) is 5.82 Å². The number of esters is 1. The average Bonchev–Trinajstić information content (AvgIpc) is 2.84. The molecule has 0 bridgehead atoms. The molecule has 174 valence electrons. The van der Waals surface area contributed by atoms with Crippen LogP contribution in [0.2, 0.25) is 0 Å². The number of benzene rings is 2. The summed E-state index contributed by atoms with van der Waals surface area (Å²) in [5.74, 6) is -0.113. The molecule has 8 nitrogen and oxygen atoms in total. The molecule has 1 fully saturated rings. The first-order chi connectivity index (χ1) is 16.0. The number of halogens is 1. The Kier molecular flexibility index (Phi) is 6.79. The molecule has 0 spiro atoms. The number of carbonyl (C=O) groups excluding carboxylic acids is 2. The summed E-state index contributed by atoms with van der Waals surface area (Å²) < 4.78 is 23.6. The van der Waals surface area contributed by atoms with E-state index in [2.05, 4.69) is 20.4 Å². The first-order valence-electron chi connectivity index (χ1n) is 10.7. The molecule has 2 aromatic rings. The zero-order valence-corrected chi connectivity index (χ0v) is 18.6. The van der Waals surface area contributed by atoms with Gasteiger partial charge in [-0.2, -0.15) is 0 Å². The van der Waals surface area contributed by atoms with Crippen molar-refractivity contribution in [2.24, 2.45) is 0 Å². The smallest absolute Gasteiger partial charge is 0.338 e. The van der Waals surface area contributed by atoms with E-state index in [-0.39, 0.29) is 0 Å². The zero-order valence-electron chi connectivity index (χ0n) is 18.6. The van der Waals surface area contributed by atoms with Gasteiger partial charge >= 0.3 is 12.0 Å². The fourth-order valence-electron chi connectivity index (χ4n) is 4.18. The zero-order chi connectivity index (χ0) is 23.4. The number of piperazine rings is 1. The Morgan fingerprint density at radius 1 is 1.03 bits per heavy atom. The van der Waals surface area contributed by atoms with Crippen molar-refractivity contribution in [1.82, 2.24) is 15.5 Å². The summed E-state index contributed by atoms with van der Waals surface area (Å²) in [4.78, 5) is 29.5. The quantitative estimate of drug-likeness (QED) is 0.653. The number of ether oxygens (including phenoxy) is 2. The highest BCUT2D eigenvalue weighted by Gasteiger charge is 2.34. The van der Waals surface area contributed by atoms with Crippen LogP contribution in [0.4, 0.5) is 14.9 Å². The predicted molar refractivity (Wildman–Crippen MR) is 121 cm³/mol. The van der Waals surface area contributed by atoms with Gasteiger partial charge in [0.1, 0.15) is 11.6 Å². The van der Waals surface area contributed by atoms with Crippen LogP contribution in [-0.4, -0.2) is 63.8 Å². The van der Waals surface area contributed by atoms with Crippen LogP contribution in [0.1, 0.15) is 11.6 Å². The molecule has 1 atom stereocenters. The SMILES string of the molecule is COC(=O)C1=C(CN2CCN(c3ccc(OC)cc3)CC2)NC(=O)N[C@H]1c1ccc(F)cc1. The topological polar surface area (TPSA) is 83.1 Å². The largest absolute Gasteiger partial charge is 0.497 e. The van der Waals surface area contributed by atoms with Crippen molar-refractivity contribution in [3.63, 3.8) is 0 Å². The first-order valence-corrected chi connectivity index (χ1v) is 10.7. The lowest BCUT2D eigenvalue weighted by molar-refractivity contribution is -0.136. The number of nitrogens with zero attached hydrogens (tertiary/aromatic N) is 2. The number of rotatable bonds is 6. The van der Waals surface area contributed by atoms with Gasteiger partial charge in [-0.3, -0.25) is 4.90 Å². The first kappa shape index (κ1) is 22.6. The Morgan fingerprint density at radius 2 is 1.70 bits per heavy atom. The summed E-state index contributed by atoms with van der Waals surface area (Å²) in [6.45, 7) is 3.52. The van der Waals surface area contributed by atoms with Crippen LogP contribution >= 0.6 is 0 Å². The lowest BCUT2D eigenvalue weighted by atomic mass is 9.95. The van der Waals surface area contributed by atoms with E-state index in [4.69, 9.17) is 9.47 Å². The highest BCUT2D eigenvalue weighted by Crippen LogP contribution is 2.28. The van der Waals surface area contributed by atoms with Crippen molar-refractivity contribution in [2.75, 3.05) is 51.8 Å². The molecule has 0 unspecified atom stereocenters.